The van der Waals surface area contributed by atoms with Gasteiger partial charge in [0.1, 0.15) is 12.7 Å². The van der Waals surface area contributed by atoms with Gasteiger partial charge in [-0.15, -0.1) is 0 Å². The van der Waals surface area contributed by atoms with Crippen LogP contribution in [0.3, 0.4) is 0 Å². The van der Waals surface area contributed by atoms with Crippen molar-refractivity contribution in [1.29, 1.82) is 0 Å². The first-order valence-corrected chi connectivity index (χ1v) is 5.72. The molecule has 3 N–H and O–H groups in total. The molecule has 0 aromatic rings. The number of aliphatic hydroxyl groups excluding tert-OH is 2. The number of ether oxygens (including phenoxy) is 1. The monoisotopic (exact) mass is 248 g/mol. The molecule has 0 rings (SSSR count). The largest absolute Gasteiger partial charge is 0.481 e. The number of carboxylic acid groups (broad SMARTS) is 1. The Hall–Kier alpha value is -1.14. The van der Waals surface area contributed by atoms with Gasteiger partial charge in [-0.3, -0.25) is 9.59 Å². The number of hydrogen-bond acceptors (Lipinski definition) is 5. The van der Waals surface area contributed by atoms with Crippen molar-refractivity contribution in [2.24, 2.45) is 0 Å². The summed E-state index contributed by atoms with van der Waals surface area (Å²) in [5.41, 5.74) is 0. The Balaban J connectivity index is 3.30. The van der Waals surface area contributed by atoms with Crippen LogP contribution in [0.15, 0.2) is 0 Å². The Morgan fingerprint density at radius 2 is 1.65 bits per heavy atom. The summed E-state index contributed by atoms with van der Waals surface area (Å²) in [5, 5.41) is 25.8. The second-order valence-electron chi connectivity index (χ2n) is 3.83. The van der Waals surface area contributed by atoms with Gasteiger partial charge < -0.3 is 20.1 Å². The molecule has 0 fully saturated rings. The molecule has 6 heteroatoms. The van der Waals surface area contributed by atoms with Gasteiger partial charge in [-0.1, -0.05) is 12.8 Å². The lowest BCUT2D eigenvalue weighted by molar-refractivity contribution is -0.147. The Labute approximate surface area is 100 Å². The Morgan fingerprint density at radius 1 is 1.06 bits per heavy atom. The summed E-state index contributed by atoms with van der Waals surface area (Å²) in [5.74, 6) is -1.21. The molecule has 0 bridgehead atoms. The van der Waals surface area contributed by atoms with Crippen LogP contribution in [0, 0.1) is 0 Å². The molecular formula is C11H20O6. The van der Waals surface area contributed by atoms with E-state index >= 15 is 0 Å². The van der Waals surface area contributed by atoms with E-state index < -0.39 is 24.6 Å². The van der Waals surface area contributed by atoms with Gasteiger partial charge >= 0.3 is 11.9 Å². The van der Waals surface area contributed by atoms with Crippen LogP contribution in [0.25, 0.3) is 0 Å². The zero-order valence-electron chi connectivity index (χ0n) is 9.80. The molecule has 0 radical (unpaired) electrons. The van der Waals surface area contributed by atoms with E-state index in [-0.39, 0.29) is 19.4 Å². The molecular weight excluding hydrogens is 228 g/mol. The highest BCUT2D eigenvalue weighted by Gasteiger charge is 2.07. The molecule has 0 heterocycles. The standard InChI is InChI=1S/C11H20O6/c12-7-9(13)8-17-11(16)6-4-2-1-3-5-10(14)15/h9,12-13H,1-8H2,(H,14,15). The number of carboxylic acids is 1. The van der Waals surface area contributed by atoms with Crippen LogP contribution in [0.2, 0.25) is 0 Å². The van der Waals surface area contributed by atoms with Crippen molar-refractivity contribution in [3.05, 3.63) is 0 Å². The molecule has 0 aliphatic heterocycles. The van der Waals surface area contributed by atoms with Crippen LogP contribution >= 0.6 is 0 Å². The Morgan fingerprint density at radius 3 is 2.18 bits per heavy atom. The smallest absolute Gasteiger partial charge is 0.305 e. The number of aliphatic hydroxyl groups is 2. The van der Waals surface area contributed by atoms with E-state index in [1.54, 1.807) is 0 Å². The molecule has 100 valence electrons. The quantitative estimate of drug-likeness (QED) is 0.379. The summed E-state index contributed by atoms with van der Waals surface area (Å²) in [6.45, 7) is -0.614. The van der Waals surface area contributed by atoms with Gasteiger partial charge in [0.25, 0.3) is 0 Å². The fourth-order valence-electron chi connectivity index (χ4n) is 1.21. The van der Waals surface area contributed by atoms with Crippen LogP contribution in [-0.4, -0.2) is 46.6 Å². The van der Waals surface area contributed by atoms with Crippen LogP contribution in [0.1, 0.15) is 38.5 Å². The number of esters is 1. The van der Waals surface area contributed by atoms with Crippen molar-refractivity contribution in [3.8, 4) is 0 Å². The molecule has 0 saturated heterocycles. The van der Waals surface area contributed by atoms with Crippen LogP contribution < -0.4 is 0 Å². The number of aliphatic carboxylic acids is 1. The molecule has 0 aliphatic carbocycles. The van der Waals surface area contributed by atoms with Crippen LogP contribution in [-0.2, 0) is 14.3 Å². The zero-order chi connectivity index (χ0) is 13.1. The first-order valence-electron chi connectivity index (χ1n) is 5.72. The topological polar surface area (TPSA) is 104 Å². The second-order valence-corrected chi connectivity index (χ2v) is 3.83. The summed E-state index contributed by atoms with van der Waals surface area (Å²) in [7, 11) is 0. The van der Waals surface area contributed by atoms with Crippen molar-refractivity contribution in [2.75, 3.05) is 13.2 Å². The molecule has 1 atom stereocenters. The molecule has 6 nitrogen and oxygen atoms in total. The lowest BCUT2D eigenvalue weighted by Gasteiger charge is -2.08. The predicted octanol–water partition coefficient (Wildman–Crippen LogP) is 0.308. The summed E-state index contributed by atoms with van der Waals surface area (Å²) < 4.78 is 4.70. The third kappa shape index (κ3) is 11.1. The highest BCUT2D eigenvalue weighted by atomic mass is 16.5. The van der Waals surface area contributed by atoms with Gasteiger partial charge in [0.2, 0.25) is 0 Å². The third-order valence-electron chi connectivity index (χ3n) is 2.17. The summed E-state index contributed by atoms with van der Waals surface area (Å²) in [4.78, 5) is 21.3. The van der Waals surface area contributed by atoms with Crippen molar-refractivity contribution in [2.45, 2.75) is 44.6 Å². The number of rotatable bonds is 10. The first kappa shape index (κ1) is 15.9. The maximum absolute atomic E-state index is 11.1. The molecule has 0 saturated carbocycles. The third-order valence-corrected chi connectivity index (χ3v) is 2.17. The fraction of sp³-hybridized carbons (Fsp3) is 0.818. The van der Waals surface area contributed by atoms with Crippen LogP contribution in [0.5, 0.6) is 0 Å². The summed E-state index contributed by atoms with van der Waals surface area (Å²) >= 11 is 0. The number of carbonyl (C=O) groups excluding carboxylic acids is 1. The Kier molecular flexibility index (Phi) is 9.37. The maximum Gasteiger partial charge on any atom is 0.305 e. The van der Waals surface area contributed by atoms with E-state index in [2.05, 4.69) is 0 Å². The van der Waals surface area contributed by atoms with Crippen molar-refractivity contribution in [1.82, 2.24) is 0 Å². The maximum atomic E-state index is 11.1. The predicted molar refractivity (Wildman–Crippen MR) is 59.4 cm³/mol. The minimum absolute atomic E-state index is 0.160. The molecule has 0 spiro atoms. The van der Waals surface area contributed by atoms with Crippen molar-refractivity contribution in [3.63, 3.8) is 0 Å². The second kappa shape index (κ2) is 10.0. The number of hydrogen-bond donors (Lipinski definition) is 3. The highest BCUT2D eigenvalue weighted by Crippen LogP contribution is 2.06. The van der Waals surface area contributed by atoms with Crippen molar-refractivity contribution >= 4 is 11.9 Å². The highest BCUT2D eigenvalue weighted by molar-refractivity contribution is 5.69. The van der Waals surface area contributed by atoms with Gasteiger partial charge in [0.15, 0.2) is 0 Å². The van der Waals surface area contributed by atoms with E-state index in [1.165, 1.54) is 0 Å². The van der Waals surface area contributed by atoms with E-state index in [1.807, 2.05) is 0 Å². The normalized spacial score (nSPS) is 12.1. The number of unbranched alkanes of at least 4 members (excludes halogenated alkanes) is 3. The van der Waals surface area contributed by atoms with Gasteiger partial charge in [0, 0.05) is 12.8 Å². The van der Waals surface area contributed by atoms with E-state index in [4.69, 9.17) is 20.1 Å². The molecule has 0 aromatic heterocycles. The lowest BCUT2D eigenvalue weighted by atomic mass is 10.1. The van der Waals surface area contributed by atoms with Crippen molar-refractivity contribution < 1.29 is 29.6 Å². The van der Waals surface area contributed by atoms with Crippen LogP contribution in [0.4, 0.5) is 0 Å². The average molecular weight is 248 g/mol. The van der Waals surface area contributed by atoms with Gasteiger partial charge in [-0.05, 0) is 12.8 Å². The average Bonchev–Trinajstić information content (AvgIpc) is 2.30. The van der Waals surface area contributed by atoms with Gasteiger partial charge in [0.05, 0.1) is 6.61 Å². The summed E-state index contributed by atoms with van der Waals surface area (Å²) in [6, 6.07) is 0. The van der Waals surface area contributed by atoms with Gasteiger partial charge in [-0.2, -0.15) is 0 Å². The molecule has 0 amide bonds. The molecule has 17 heavy (non-hydrogen) atoms. The zero-order valence-corrected chi connectivity index (χ0v) is 9.80. The molecule has 0 aromatic carbocycles. The molecule has 0 aliphatic rings. The van der Waals surface area contributed by atoms with E-state index in [9.17, 15) is 9.59 Å². The van der Waals surface area contributed by atoms with E-state index in [0.29, 0.717) is 12.8 Å². The lowest BCUT2D eigenvalue weighted by Crippen LogP contribution is -2.21. The van der Waals surface area contributed by atoms with E-state index in [0.717, 1.165) is 12.8 Å². The fourth-order valence-corrected chi connectivity index (χ4v) is 1.21. The van der Waals surface area contributed by atoms with Gasteiger partial charge in [-0.25, -0.2) is 0 Å². The Bertz CT molecular complexity index is 228. The molecule has 1 unspecified atom stereocenters. The first-order chi connectivity index (χ1) is 8.06. The summed E-state index contributed by atoms with van der Waals surface area (Å²) in [6.07, 6.45) is 2.22. The SMILES string of the molecule is O=C(O)CCCCCCC(=O)OCC(O)CO. The number of carbonyl (C=O) groups is 2. The minimum atomic E-state index is -1.02. The minimum Gasteiger partial charge on any atom is -0.481 e.